The van der Waals surface area contributed by atoms with Crippen molar-refractivity contribution in [3.05, 3.63) is 35.9 Å². The molecule has 1 aliphatic carbocycles. The summed E-state index contributed by atoms with van der Waals surface area (Å²) in [7, 11) is 0. The Balaban J connectivity index is 1.52. The highest BCUT2D eigenvalue weighted by atomic mass is 16.4. The zero-order valence-electron chi connectivity index (χ0n) is 11.4. The highest BCUT2D eigenvalue weighted by molar-refractivity contribution is 5.89. The molecule has 1 N–H and O–H groups in total. The van der Waals surface area contributed by atoms with Crippen molar-refractivity contribution >= 4 is 11.9 Å². The minimum atomic E-state index is -0.830. The predicted molar refractivity (Wildman–Crippen MR) is 74.1 cm³/mol. The predicted octanol–water partition coefficient (Wildman–Crippen LogP) is 1.80. The molecule has 1 aromatic rings. The van der Waals surface area contributed by atoms with Crippen molar-refractivity contribution in [1.82, 2.24) is 4.90 Å². The number of likely N-dealkylation sites (tertiary alicyclic amines) is 1. The number of rotatable bonds is 4. The Hall–Kier alpha value is -1.84. The molecule has 3 rings (SSSR count). The molecule has 1 saturated carbocycles. The number of nitrogens with zero attached hydrogens (tertiary/aromatic N) is 1. The lowest BCUT2D eigenvalue weighted by Gasteiger charge is -2.16. The van der Waals surface area contributed by atoms with Crippen LogP contribution in [0.15, 0.2) is 30.3 Å². The van der Waals surface area contributed by atoms with Crippen LogP contribution >= 0.6 is 0 Å². The second kappa shape index (κ2) is 5.27. The van der Waals surface area contributed by atoms with Crippen LogP contribution in [0.5, 0.6) is 0 Å². The van der Waals surface area contributed by atoms with Crippen LogP contribution in [0.25, 0.3) is 0 Å². The molecule has 4 heteroatoms. The van der Waals surface area contributed by atoms with Gasteiger partial charge in [0.1, 0.15) is 0 Å². The van der Waals surface area contributed by atoms with Crippen LogP contribution in [-0.2, 0) is 16.0 Å². The van der Waals surface area contributed by atoms with Gasteiger partial charge in [-0.1, -0.05) is 30.3 Å². The molecular formula is C16H19NO3. The second-order valence-electron chi connectivity index (χ2n) is 5.92. The Morgan fingerprint density at radius 2 is 1.95 bits per heavy atom. The normalized spacial score (nSPS) is 28.4. The third-order valence-electron chi connectivity index (χ3n) is 4.39. The van der Waals surface area contributed by atoms with E-state index in [1.54, 1.807) is 0 Å². The van der Waals surface area contributed by atoms with Crippen LogP contribution in [0, 0.1) is 17.8 Å². The number of hydrogen-bond acceptors (Lipinski definition) is 2. The molecule has 20 heavy (non-hydrogen) atoms. The number of carbonyl (C=O) groups excluding carboxylic acids is 1. The number of carboxylic acid groups (broad SMARTS) is 1. The fourth-order valence-corrected chi connectivity index (χ4v) is 3.12. The lowest BCUT2D eigenvalue weighted by atomic mass is 9.99. The van der Waals surface area contributed by atoms with Gasteiger partial charge >= 0.3 is 5.97 Å². The Morgan fingerprint density at radius 1 is 1.20 bits per heavy atom. The quantitative estimate of drug-likeness (QED) is 0.910. The first-order valence-electron chi connectivity index (χ1n) is 7.20. The van der Waals surface area contributed by atoms with Gasteiger partial charge in [-0.25, -0.2) is 0 Å². The van der Waals surface area contributed by atoms with E-state index in [2.05, 4.69) is 12.1 Å². The molecule has 1 heterocycles. The first kappa shape index (κ1) is 13.2. The number of benzene rings is 1. The van der Waals surface area contributed by atoms with Crippen LogP contribution in [0.3, 0.4) is 0 Å². The monoisotopic (exact) mass is 273 g/mol. The van der Waals surface area contributed by atoms with Crippen molar-refractivity contribution in [3.63, 3.8) is 0 Å². The van der Waals surface area contributed by atoms with E-state index in [9.17, 15) is 9.59 Å². The zero-order chi connectivity index (χ0) is 14.1. The summed E-state index contributed by atoms with van der Waals surface area (Å²) in [5.41, 5.74) is 1.31. The van der Waals surface area contributed by atoms with Gasteiger partial charge in [-0.05, 0) is 30.7 Å². The summed E-state index contributed by atoms with van der Waals surface area (Å²) >= 11 is 0. The summed E-state index contributed by atoms with van der Waals surface area (Å²) in [6.45, 7) is 1.55. The molecule has 3 atom stereocenters. The van der Waals surface area contributed by atoms with Gasteiger partial charge < -0.3 is 10.0 Å². The third kappa shape index (κ3) is 2.69. The molecule has 1 aliphatic heterocycles. The highest BCUT2D eigenvalue weighted by Gasteiger charge is 2.50. The Morgan fingerprint density at radius 3 is 2.60 bits per heavy atom. The molecular weight excluding hydrogens is 254 g/mol. The van der Waals surface area contributed by atoms with Gasteiger partial charge in [0.05, 0.1) is 11.8 Å². The first-order valence-corrected chi connectivity index (χ1v) is 7.20. The van der Waals surface area contributed by atoms with E-state index in [4.69, 9.17) is 5.11 Å². The summed E-state index contributed by atoms with van der Waals surface area (Å²) in [5, 5.41) is 8.89. The van der Waals surface area contributed by atoms with Crippen LogP contribution in [0.1, 0.15) is 18.4 Å². The van der Waals surface area contributed by atoms with E-state index in [0.29, 0.717) is 12.3 Å². The van der Waals surface area contributed by atoms with Gasteiger partial charge in [0.25, 0.3) is 0 Å². The van der Waals surface area contributed by atoms with Gasteiger partial charge in [0, 0.05) is 13.1 Å². The van der Waals surface area contributed by atoms with E-state index in [1.807, 2.05) is 23.1 Å². The summed E-state index contributed by atoms with van der Waals surface area (Å²) < 4.78 is 0. The molecule has 4 nitrogen and oxygen atoms in total. The molecule has 2 fully saturated rings. The van der Waals surface area contributed by atoms with Crippen molar-refractivity contribution in [2.75, 3.05) is 13.1 Å². The maximum atomic E-state index is 12.2. The summed E-state index contributed by atoms with van der Waals surface area (Å²) in [5.74, 6) is -0.974. The number of hydrogen-bond donors (Lipinski definition) is 1. The van der Waals surface area contributed by atoms with Crippen molar-refractivity contribution in [3.8, 4) is 0 Å². The lowest BCUT2D eigenvalue weighted by molar-refractivity contribution is -0.141. The second-order valence-corrected chi connectivity index (χ2v) is 5.92. The van der Waals surface area contributed by atoms with Gasteiger partial charge in [-0.2, -0.15) is 0 Å². The van der Waals surface area contributed by atoms with E-state index in [1.165, 1.54) is 5.56 Å². The standard InChI is InChI=1S/C16H19NO3/c18-15(13-9-14(13)16(19)20)17-7-6-12(10-17)8-11-4-2-1-3-5-11/h1-5,12-14H,6-10H2,(H,19,20)/t12-,13-,14-/m1/s1. The van der Waals surface area contributed by atoms with Gasteiger partial charge in [-0.3, -0.25) is 9.59 Å². The molecule has 106 valence electrons. The zero-order valence-corrected chi connectivity index (χ0v) is 11.4. The Kier molecular flexibility index (Phi) is 3.47. The average Bonchev–Trinajstić information content (AvgIpc) is 3.13. The van der Waals surface area contributed by atoms with Crippen LogP contribution < -0.4 is 0 Å². The molecule has 0 spiro atoms. The molecule has 1 amide bonds. The summed E-state index contributed by atoms with van der Waals surface area (Å²) in [6.07, 6.45) is 2.54. The van der Waals surface area contributed by atoms with E-state index < -0.39 is 11.9 Å². The van der Waals surface area contributed by atoms with E-state index in [0.717, 1.165) is 25.9 Å². The topological polar surface area (TPSA) is 57.6 Å². The van der Waals surface area contributed by atoms with Crippen molar-refractivity contribution in [1.29, 1.82) is 0 Å². The molecule has 0 bridgehead atoms. The number of amides is 1. The number of carboxylic acids is 1. The fourth-order valence-electron chi connectivity index (χ4n) is 3.12. The lowest BCUT2D eigenvalue weighted by Crippen LogP contribution is -2.31. The van der Waals surface area contributed by atoms with Crippen molar-refractivity contribution in [2.24, 2.45) is 17.8 Å². The van der Waals surface area contributed by atoms with Gasteiger partial charge in [0.2, 0.25) is 5.91 Å². The summed E-state index contributed by atoms with van der Waals surface area (Å²) in [4.78, 5) is 24.9. The highest BCUT2D eigenvalue weighted by Crippen LogP contribution is 2.41. The van der Waals surface area contributed by atoms with Crippen LogP contribution in [0.4, 0.5) is 0 Å². The maximum absolute atomic E-state index is 12.2. The first-order chi connectivity index (χ1) is 9.65. The molecule has 1 aromatic carbocycles. The minimum Gasteiger partial charge on any atom is -0.481 e. The van der Waals surface area contributed by atoms with Crippen LogP contribution in [-0.4, -0.2) is 35.0 Å². The van der Waals surface area contributed by atoms with E-state index in [-0.39, 0.29) is 11.8 Å². The summed E-state index contributed by atoms with van der Waals surface area (Å²) in [6, 6.07) is 10.3. The smallest absolute Gasteiger partial charge is 0.307 e. The molecule has 2 aliphatic rings. The SMILES string of the molecule is O=C(O)[C@@H]1C[C@H]1C(=O)N1CC[C@H](Cc2ccccc2)C1. The van der Waals surface area contributed by atoms with E-state index >= 15 is 0 Å². The van der Waals surface area contributed by atoms with Crippen LogP contribution in [0.2, 0.25) is 0 Å². The van der Waals surface area contributed by atoms with Gasteiger partial charge in [0.15, 0.2) is 0 Å². The largest absolute Gasteiger partial charge is 0.481 e. The number of aliphatic carboxylic acids is 1. The average molecular weight is 273 g/mol. The van der Waals surface area contributed by atoms with Crippen molar-refractivity contribution < 1.29 is 14.7 Å². The maximum Gasteiger partial charge on any atom is 0.307 e. The molecule has 1 saturated heterocycles. The third-order valence-corrected chi connectivity index (χ3v) is 4.39. The van der Waals surface area contributed by atoms with Gasteiger partial charge in [-0.15, -0.1) is 0 Å². The van der Waals surface area contributed by atoms with Crippen molar-refractivity contribution in [2.45, 2.75) is 19.3 Å². The molecule has 0 aromatic heterocycles. The molecule has 0 radical (unpaired) electrons. The fraction of sp³-hybridized carbons (Fsp3) is 0.500. The molecule has 0 unspecified atom stereocenters. The Labute approximate surface area is 118 Å². The minimum absolute atomic E-state index is 0.0490. The Bertz CT molecular complexity index is 514. The number of carbonyl (C=O) groups is 2.